The molecular formula is C15H25N5. The van der Waals surface area contributed by atoms with Gasteiger partial charge in [0.05, 0.1) is 6.04 Å². The summed E-state index contributed by atoms with van der Waals surface area (Å²) in [6.07, 6.45) is 7.76. The third-order valence-electron chi connectivity index (χ3n) is 5.17. The minimum absolute atomic E-state index is 0.514. The van der Waals surface area contributed by atoms with Crippen LogP contribution in [-0.4, -0.2) is 45.3 Å². The Morgan fingerprint density at radius 2 is 1.80 bits per heavy atom. The minimum Gasteiger partial charge on any atom is -0.317 e. The maximum atomic E-state index is 4.56. The molecule has 1 saturated carbocycles. The molecule has 0 spiro atoms. The molecule has 0 amide bonds. The van der Waals surface area contributed by atoms with E-state index >= 15 is 0 Å². The molecule has 1 atom stereocenters. The molecule has 4 rings (SSSR count). The van der Waals surface area contributed by atoms with Crippen LogP contribution in [0.3, 0.4) is 0 Å². The van der Waals surface area contributed by atoms with Gasteiger partial charge in [0.25, 0.3) is 0 Å². The van der Waals surface area contributed by atoms with Crippen molar-refractivity contribution in [1.29, 1.82) is 0 Å². The Kier molecular flexibility index (Phi) is 3.27. The molecular weight excluding hydrogens is 250 g/mol. The summed E-state index contributed by atoms with van der Waals surface area (Å²) in [7, 11) is 0. The summed E-state index contributed by atoms with van der Waals surface area (Å²) in [4.78, 5) is 2.73. The number of hydrogen-bond acceptors (Lipinski definition) is 4. The van der Waals surface area contributed by atoms with Crippen molar-refractivity contribution in [3.63, 3.8) is 0 Å². The molecule has 5 heteroatoms. The average Bonchev–Trinajstić information content (AvgIpc) is 3.07. The van der Waals surface area contributed by atoms with Crippen molar-refractivity contribution in [2.75, 3.05) is 19.6 Å². The Morgan fingerprint density at radius 3 is 2.55 bits per heavy atom. The Hall–Kier alpha value is -0.940. The first-order valence-corrected chi connectivity index (χ1v) is 8.22. The Bertz CT molecular complexity index is 473. The second-order valence-electron chi connectivity index (χ2n) is 6.58. The first-order chi connectivity index (χ1) is 9.84. The van der Waals surface area contributed by atoms with Gasteiger partial charge in [0.1, 0.15) is 5.82 Å². The lowest BCUT2D eigenvalue weighted by Crippen LogP contribution is -2.43. The molecule has 3 heterocycles. The van der Waals surface area contributed by atoms with E-state index in [1.54, 1.807) is 0 Å². The molecule has 5 nitrogen and oxygen atoms in total. The highest BCUT2D eigenvalue weighted by atomic mass is 15.3. The number of hydrogen-bond donors (Lipinski definition) is 1. The second kappa shape index (κ2) is 5.11. The molecule has 1 unspecified atom stereocenters. The van der Waals surface area contributed by atoms with E-state index in [0.717, 1.165) is 11.9 Å². The number of likely N-dealkylation sites (tertiary alicyclic amines) is 1. The normalized spacial score (nSPS) is 29.1. The second-order valence-corrected chi connectivity index (χ2v) is 6.58. The predicted octanol–water partition coefficient (Wildman–Crippen LogP) is 1.81. The maximum Gasteiger partial charge on any atom is 0.150 e. The van der Waals surface area contributed by atoms with Gasteiger partial charge in [-0.3, -0.25) is 4.90 Å². The fourth-order valence-electron chi connectivity index (χ4n) is 4.04. The maximum absolute atomic E-state index is 4.56. The molecule has 1 N–H and O–H groups in total. The smallest absolute Gasteiger partial charge is 0.150 e. The molecule has 0 radical (unpaired) electrons. The molecule has 1 aliphatic carbocycles. The summed E-state index contributed by atoms with van der Waals surface area (Å²) in [5.41, 5.74) is 0. The zero-order valence-electron chi connectivity index (χ0n) is 12.4. The predicted molar refractivity (Wildman–Crippen MR) is 77.6 cm³/mol. The van der Waals surface area contributed by atoms with Crippen LogP contribution in [0.5, 0.6) is 0 Å². The van der Waals surface area contributed by atoms with Crippen molar-refractivity contribution in [3.05, 3.63) is 11.6 Å². The van der Waals surface area contributed by atoms with Gasteiger partial charge in [0.2, 0.25) is 0 Å². The number of nitrogens with zero attached hydrogens (tertiary/aromatic N) is 4. The van der Waals surface area contributed by atoms with E-state index in [4.69, 9.17) is 0 Å². The van der Waals surface area contributed by atoms with Gasteiger partial charge in [-0.1, -0.05) is 0 Å². The zero-order valence-corrected chi connectivity index (χ0v) is 12.4. The third-order valence-corrected chi connectivity index (χ3v) is 5.17. The largest absolute Gasteiger partial charge is 0.317 e. The fraction of sp³-hybridized carbons (Fsp3) is 0.867. The molecule has 2 saturated heterocycles. The highest BCUT2D eigenvalue weighted by Gasteiger charge is 2.38. The quantitative estimate of drug-likeness (QED) is 0.914. The average molecular weight is 275 g/mol. The highest BCUT2D eigenvalue weighted by Crippen LogP contribution is 2.41. The van der Waals surface area contributed by atoms with Gasteiger partial charge in [0, 0.05) is 12.1 Å². The number of rotatable bonds is 3. The Morgan fingerprint density at radius 1 is 1.00 bits per heavy atom. The van der Waals surface area contributed by atoms with Crippen LogP contribution in [-0.2, 0) is 0 Å². The monoisotopic (exact) mass is 275 g/mol. The summed E-state index contributed by atoms with van der Waals surface area (Å²) in [6, 6.07) is 1.95. The van der Waals surface area contributed by atoms with E-state index in [-0.39, 0.29) is 0 Å². The zero-order chi connectivity index (χ0) is 13.5. The van der Waals surface area contributed by atoms with Crippen LogP contribution >= 0.6 is 0 Å². The highest BCUT2D eigenvalue weighted by molar-refractivity contribution is 5.08. The van der Waals surface area contributed by atoms with E-state index in [2.05, 4.69) is 31.9 Å². The molecule has 20 heavy (non-hydrogen) atoms. The van der Waals surface area contributed by atoms with E-state index < -0.39 is 0 Å². The van der Waals surface area contributed by atoms with E-state index in [1.807, 2.05) is 0 Å². The third kappa shape index (κ3) is 2.17. The van der Waals surface area contributed by atoms with Gasteiger partial charge in [-0.15, -0.1) is 10.2 Å². The van der Waals surface area contributed by atoms with Crippen molar-refractivity contribution in [3.8, 4) is 0 Å². The van der Waals surface area contributed by atoms with Gasteiger partial charge < -0.3 is 9.88 Å². The van der Waals surface area contributed by atoms with Crippen LogP contribution in [0.15, 0.2) is 0 Å². The summed E-state index contributed by atoms with van der Waals surface area (Å²) in [5.74, 6) is 2.36. The molecule has 110 valence electrons. The van der Waals surface area contributed by atoms with E-state index in [9.17, 15) is 0 Å². The first kappa shape index (κ1) is 12.8. The first-order valence-electron chi connectivity index (χ1n) is 8.22. The van der Waals surface area contributed by atoms with Gasteiger partial charge in [0.15, 0.2) is 5.82 Å². The number of aromatic nitrogens is 3. The van der Waals surface area contributed by atoms with E-state index in [0.29, 0.717) is 12.1 Å². The number of aryl methyl sites for hydroxylation is 1. The minimum atomic E-state index is 0.514. The van der Waals surface area contributed by atoms with Gasteiger partial charge in [-0.05, 0) is 65.1 Å². The molecule has 1 aromatic heterocycles. The van der Waals surface area contributed by atoms with Crippen LogP contribution < -0.4 is 5.32 Å². The molecule has 3 aliphatic rings. The van der Waals surface area contributed by atoms with Crippen molar-refractivity contribution < 1.29 is 0 Å². The summed E-state index contributed by atoms with van der Waals surface area (Å²) in [6.45, 7) is 5.69. The topological polar surface area (TPSA) is 46.0 Å². The van der Waals surface area contributed by atoms with Gasteiger partial charge >= 0.3 is 0 Å². The van der Waals surface area contributed by atoms with Gasteiger partial charge in [-0.25, -0.2) is 0 Å². The van der Waals surface area contributed by atoms with Crippen LogP contribution in [0.25, 0.3) is 0 Å². The number of nitrogens with one attached hydrogen (secondary N) is 1. The molecule has 0 bridgehead atoms. The molecule has 0 aromatic carbocycles. The fourth-order valence-corrected chi connectivity index (χ4v) is 4.04. The lowest BCUT2D eigenvalue weighted by Gasteiger charge is -2.35. The van der Waals surface area contributed by atoms with E-state index in [1.165, 1.54) is 64.0 Å². The lowest BCUT2D eigenvalue weighted by atomic mass is 10.0. The Labute approximate surface area is 120 Å². The van der Waals surface area contributed by atoms with Crippen LogP contribution in [0.4, 0.5) is 0 Å². The number of piperidine rings is 1. The van der Waals surface area contributed by atoms with Crippen molar-refractivity contribution in [1.82, 2.24) is 25.0 Å². The van der Waals surface area contributed by atoms with Crippen LogP contribution in [0.2, 0.25) is 0 Å². The van der Waals surface area contributed by atoms with Crippen LogP contribution in [0.1, 0.15) is 62.3 Å². The molecule has 3 fully saturated rings. The van der Waals surface area contributed by atoms with Crippen LogP contribution in [0, 0.1) is 6.92 Å². The summed E-state index contributed by atoms with van der Waals surface area (Å²) in [5, 5.41) is 12.4. The van der Waals surface area contributed by atoms with Crippen molar-refractivity contribution >= 4 is 0 Å². The van der Waals surface area contributed by atoms with Gasteiger partial charge in [-0.2, -0.15) is 0 Å². The molecule has 1 aromatic rings. The lowest BCUT2D eigenvalue weighted by molar-refractivity contribution is 0.141. The summed E-state index contributed by atoms with van der Waals surface area (Å²) >= 11 is 0. The SMILES string of the molecule is Cc1nnc(C2CCCN2C2CCNCC2)n1C1CC1. The van der Waals surface area contributed by atoms with Crippen molar-refractivity contribution in [2.24, 2.45) is 0 Å². The Balaban J connectivity index is 1.60. The summed E-state index contributed by atoms with van der Waals surface area (Å²) < 4.78 is 2.43. The standard InChI is InChI=1S/C15H25N5/c1-11-17-18-15(20(11)13-4-5-13)14-3-2-10-19(14)12-6-8-16-9-7-12/h12-14,16H,2-10H2,1H3. The molecule has 2 aliphatic heterocycles. The van der Waals surface area contributed by atoms with Crippen molar-refractivity contribution in [2.45, 2.75) is 63.6 Å².